The van der Waals surface area contributed by atoms with Gasteiger partial charge < -0.3 is 20.5 Å². The molecule has 2 N–H and O–H groups in total. The Labute approximate surface area is 63.8 Å². The molecule has 1 aliphatic heterocycles. The minimum absolute atomic E-state index is 0.425. The first-order chi connectivity index (χ1) is 5.13. The Bertz CT molecular complexity index is 172. The lowest BCUT2D eigenvalue weighted by Crippen LogP contribution is -2.48. The van der Waals surface area contributed by atoms with E-state index in [2.05, 4.69) is 0 Å². The van der Waals surface area contributed by atoms with Gasteiger partial charge in [-0.25, -0.2) is 4.79 Å². The standard InChI is InChI=1S/C6H10N2O3/c7-6(11)8-3-1-2-4(8)5(9)10/h4H,1-3H2,(H2,7,11)(H,9,10)/p-1/t4-/m0/s1. The topological polar surface area (TPSA) is 86.5 Å². The summed E-state index contributed by atoms with van der Waals surface area (Å²) in [6, 6.07) is -1.50. The van der Waals surface area contributed by atoms with Gasteiger partial charge in [-0.2, -0.15) is 0 Å². The SMILES string of the molecule is NC(=O)N1CCC[C@H]1C(=O)[O-]. The van der Waals surface area contributed by atoms with Gasteiger partial charge in [-0.3, -0.25) is 0 Å². The molecule has 1 rings (SSSR count). The van der Waals surface area contributed by atoms with Crippen molar-refractivity contribution in [1.82, 2.24) is 4.90 Å². The molecule has 11 heavy (non-hydrogen) atoms. The number of nitrogens with two attached hydrogens (primary N) is 1. The van der Waals surface area contributed by atoms with Crippen LogP contribution in [0.15, 0.2) is 0 Å². The highest BCUT2D eigenvalue weighted by Gasteiger charge is 2.27. The van der Waals surface area contributed by atoms with E-state index in [1.54, 1.807) is 0 Å². The van der Waals surface area contributed by atoms with Crippen LogP contribution in [0.4, 0.5) is 4.79 Å². The van der Waals surface area contributed by atoms with Gasteiger partial charge >= 0.3 is 6.03 Å². The molecule has 0 unspecified atom stereocenters. The first-order valence-corrected chi connectivity index (χ1v) is 3.40. The summed E-state index contributed by atoms with van der Waals surface area (Å²) in [7, 11) is 0. The number of hydrogen-bond acceptors (Lipinski definition) is 3. The molecular formula is C6H9N2O3-. The van der Waals surface area contributed by atoms with Crippen LogP contribution in [0.25, 0.3) is 0 Å². The number of aliphatic carboxylic acids is 1. The zero-order valence-corrected chi connectivity index (χ0v) is 5.95. The molecule has 2 amide bonds. The quantitative estimate of drug-likeness (QED) is 0.491. The molecule has 0 aromatic carbocycles. The largest absolute Gasteiger partial charge is 0.548 e. The van der Waals surface area contributed by atoms with Crippen molar-refractivity contribution >= 4 is 12.0 Å². The molecule has 1 saturated heterocycles. The van der Waals surface area contributed by atoms with Gasteiger partial charge in [0.05, 0.1) is 12.0 Å². The van der Waals surface area contributed by atoms with E-state index in [4.69, 9.17) is 5.73 Å². The third-order valence-corrected chi connectivity index (χ3v) is 1.81. The zero-order valence-electron chi connectivity index (χ0n) is 5.95. The minimum atomic E-state index is -1.22. The summed E-state index contributed by atoms with van der Waals surface area (Å²) in [6.45, 7) is 0.425. The molecule has 0 saturated carbocycles. The maximum Gasteiger partial charge on any atom is 0.315 e. The monoisotopic (exact) mass is 157 g/mol. The van der Waals surface area contributed by atoms with Gasteiger partial charge in [-0.15, -0.1) is 0 Å². The summed E-state index contributed by atoms with van der Waals surface area (Å²) in [5.41, 5.74) is 4.92. The molecule has 1 heterocycles. The number of nitrogens with zero attached hydrogens (tertiary/aromatic N) is 1. The lowest BCUT2D eigenvalue weighted by molar-refractivity contribution is -0.310. The number of carboxylic acids is 1. The van der Waals surface area contributed by atoms with Gasteiger partial charge in [-0.05, 0) is 12.8 Å². The Balaban J connectivity index is 2.65. The molecule has 62 valence electrons. The lowest BCUT2D eigenvalue weighted by Gasteiger charge is -2.22. The van der Waals surface area contributed by atoms with Crippen molar-refractivity contribution in [2.45, 2.75) is 18.9 Å². The number of rotatable bonds is 1. The minimum Gasteiger partial charge on any atom is -0.548 e. The van der Waals surface area contributed by atoms with Crippen molar-refractivity contribution < 1.29 is 14.7 Å². The van der Waals surface area contributed by atoms with Gasteiger partial charge in [0, 0.05) is 6.54 Å². The zero-order chi connectivity index (χ0) is 8.43. The molecule has 0 bridgehead atoms. The fraction of sp³-hybridized carbons (Fsp3) is 0.667. The van der Waals surface area contributed by atoms with Gasteiger partial charge in [-0.1, -0.05) is 0 Å². The number of primary amides is 1. The average molecular weight is 157 g/mol. The molecule has 0 aromatic rings. The molecule has 0 aromatic heterocycles. The third kappa shape index (κ3) is 1.42. The van der Waals surface area contributed by atoms with E-state index < -0.39 is 18.0 Å². The van der Waals surface area contributed by atoms with Crippen LogP contribution in [0.3, 0.4) is 0 Å². The fourth-order valence-corrected chi connectivity index (χ4v) is 1.28. The summed E-state index contributed by atoms with van der Waals surface area (Å²) in [5, 5.41) is 10.4. The van der Waals surface area contributed by atoms with Crippen molar-refractivity contribution in [3.63, 3.8) is 0 Å². The Hall–Kier alpha value is -1.26. The highest BCUT2D eigenvalue weighted by molar-refractivity contribution is 5.81. The van der Waals surface area contributed by atoms with Crippen LogP contribution < -0.4 is 10.8 Å². The van der Waals surface area contributed by atoms with E-state index >= 15 is 0 Å². The van der Waals surface area contributed by atoms with Crippen molar-refractivity contribution in [3.8, 4) is 0 Å². The Morgan fingerprint density at radius 3 is 2.55 bits per heavy atom. The molecule has 0 spiro atoms. The van der Waals surface area contributed by atoms with E-state index in [9.17, 15) is 14.7 Å². The number of urea groups is 1. The second kappa shape index (κ2) is 2.77. The summed E-state index contributed by atoms with van der Waals surface area (Å²) in [4.78, 5) is 22.0. The average Bonchev–Trinajstić information content (AvgIpc) is 2.32. The summed E-state index contributed by atoms with van der Waals surface area (Å²) in [5.74, 6) is -1.22. The van der Waals surface area contributed by atoms with Crippen LogP contribution in [-0.2, 0) is 4.79 Å². The summed E-state index contributed by atoms with van der Waals surface area (Å²) >= 11 is 0. The molecule has 1 atom stereocenters. The van der Waals surface area contributed by atoms with E-state index in [-0.39, 0.29) is 0 Å². The van der Waals surface area contributed by atoms with E-state index in [0.717, 1.165) is 4.90 Å². The predicted octanol–water partition coefficient (Wildman–Crippen LogP) is -1.72. The molecule has 0 aliphatic carbocycles. The second-order valence-electron chi connectivity index (χ2n) is 2.51. The second-order valence-corrected chi connectivity index (χ2v) is 2.51. The molecule has 5 heteroatoms. The number of likely N-dealkylation sites (tertiary alicyclic amines) is 1. The fourth-order valence-electron chi connectivity index (χ4n) is 1.28. The van der Waals surface area contributed by atoms with Crippen LogP contribution in [0.5, 0.6) is 0 Å². The van der Waals surface area contributed by atoms with Gasteiger partial charge in [0.1, 0.15) is 0 Å². The first-order valence-electron chi connectivity index (χ1n) is 3.40. The normalized spacial score (nSPS) is 23.6. The number of hydrogen-bond donors (Lipinski definition) is 1. The highest BCUT2D eigenvalue weighted by atomic mass is 16.4. The highest BCUT2D eigenvalue weighted by Crippen LogP contribution is 2.15. The summed E-state index contributed by atoms with van der Waals surface area (Å²) in [6.07, 6.45) is 1.13. The predicted molar refractivity (Wildman–Crippen MR) is 34.3 cm³/mol. The van der Waals surface area contributed by atoms with Crippen molar-refractivity contribution in [1.29, 1.82) is 0 Å². The van der Waals surface area contributed by atoms with Crippen LogP contribution in [0.1, 0.15) is 12.8 Å². The number of amides is 2. The van der Waals surface area contributed by atoms with Crippen LogP contribution in [0, 0.1) is 0 Å². The van der Waals surface area contributed by atoms with E-state index in [1.807, 2.05) is 0 Å². The van der Waals surface area contributed by atoms with Gasteiger partial charge in [0.25, 0.3) is 0 Å². The Morgan fingerprint density at radius 2 is 2.18 bits per heavy atom. The van der Waals surface area contributed by atoms with E-state index in [1.165, 1.54) is 0 Å². The maximum atomic E-state index is 10.6. The molecule has 0 radical (unpaired) electrons. The van der Waals surface area contributed by atoms with Gasteiger partial charge in [0.15, 0.2) is 0 Å². The smallest absolute Gasteiger partial charge is 0.315 e. The van der Waals surface area contributed by atoms with Gasteiger partial charge in [0.2, 0.25) is 0 Å². The molecule has 1 aliphatic rings. The molecule has 1 fully saturated rings. The van der Waals surface area contributed by atoms with Crippen molar-refractivity contribution in [3.05, 3.63) is 0 Å². The number of carbonyl (C=O) groups is 2. The third-order valence-electron chi connectivity index (χ3n) is 1.81. The van der Waals surface area contributed by atoms with Crippen molar-refractivity contribution in [2.75, 3.05) is 6.54 Å². The Kier molecular flexibility index (Phi) is 1.98. The first kappa shape index (κ1) is 7.84. The maximum absolute atomic E-state index is 10.6. The molecule has 5 nitrogen and oxygen atoms in total. The van der Waals surface area contributed by atoms with Crippen LogP contribution >= 0.6 is 0 Å². The number of carboxylic acid groups (broad SMARTS) is 1. The van der Waals surface area contributed by atoms with E-state index in [0.29, 0.717) is 19.4 Å². The van der Waals surface area contributed by atoms with Crippen molar-refractivity contribution in [2.24, 2.45) is 5.73 Å². The Morgan fingerprint density at radius 1 is 1.55 bits per heavy atom. The lowest BCUT2D eigenvalue weighted by atomic mass is 10.2. The van der Waals surface area contributed by atoms with Crippen LogP contribution in [-0.4, -0.2) is 29.5 Å². The summed E-state index contributed by atoms with van der Waals surface area (Å²) < 4.78 is 0. The number of carbonyl (C=O) groups excluding carboxylic acids is 2. The molecular weight excluding hydrogens is 148 g/mol. The van der Waals surface area contributed by atoms with Crippen LogP contribution in [0.2, 0.25) is 0 Å².